The van der Waals surface area contributed by atoms with E-state index in [0.717, 1.165) is 22.3 Å². The maximum Gasteiger partial charge on any atom is 0.315 e. The second-order valence-corrected chi connectivity index (χ2v) is 8.58. The topological polar surface area (TPSA) is 63.6 Å². The molecule has 3 unspecified atom stereocenters. The van der Waals surface area contributed by atoms with Crippen molar-refractivity contribution >= 4 is 11.9 Å². The maximum atomic E-state index is 13.6. The van der Waals surface area contributed by atoms with Crippen molar-refractivity contribution in [1.29, 1.82) is 0 Å². The third kappa shape index (κ3) is 4.11. The summed E-state index contributed by atoms with van der Waals surface area (Å²) in [6, 6.07) is 36.1. The van der Waals surface area contributed by atoms with E-state index in [2.05, 4.69) is 0 Å². The zero-order valence-corrected chi connectivity index (χ0v) is 18.5. The molecule has 168 valence electrons. The Bertz CT molecular complexity index is 1240. The van der Waals surface area contributed by atoms with Crippen molar-refractivity contribution in [2.75, 3.05) is 0 Å². The van der Waals surface area contributed by atoms with Gasteiger partial charge < -0.3 is 9.84 Å². The fourth-order valence-corrected chi connectivity index (χ4v) is 5.08. The summed E-state index contributed by atoms with van der Waals surface area (Å²) in [4.78, 5) is 25.9. The molecule has 4 nitrogen and oxygen atoms in total. The summed E-state index contributed by atoms with van der Waals surface area (Å²) in [5.41, 5.74) is 3.64. The Hall–Kier alpha value is -4.18. The molecule has 34 heavy (non-hydrogen) atoms. The van der Waals surface area contributed by atoms with Crippen LogP contribution in [0, 0.1) is 11.8 Å². The van der Waals surface area contributed by atoms with Crippen molar-refractivity contribution in [3.63, 3.8) is 0 Å². The molecule has 4 heteroatoms. The van der Waals surface area contributed by atoms with Crippen LogP contribution in [-0.2, 0) is 9.59 Å². The van der Waals surface area contributed by atoms with E-state index in [-0.39, 0.29) is 0 Å². The SMILES string of the molecule is O=C(O)C1C(c2ccccc2)C(C(=O)Oc2cccc(-c3ccccc3)c2)[C@H]1c1ccccc1. The smallest absolute Gasteiger partial charge is 0.315 e. The van der Waals surface area contributed by atoms with Gasteiger partial charge in [-0.3, -0.25) is 9.59 Å². The van der Waals surface area contributed by atoms with Crippen LogP contribution in [0.4, 0.5) is 0 Å². The first-order chi connectivity index (χ1) is 16.6. The number of benzene rings is 4. The lowest BCUT2D eigenvalue weighted by Gasteiger charge is -2.48. The highest BCUT2D eigenvalue weighted by Gasteiger charge is 2.59. The number of carbonyl (C=O) groups excluding carboxylic acids is 1. The van der Waals surface area contributed by atoms with Gasteiger partial charge in [-0.1, -0.05) is 103 Å². The standard InChI is InChI=1S/C30H24O4/c31-29(32)27-25(21-13-6-2-7-14-21)28(26(27)22-15-8-3-9-16-22)30(33)34-24-18-10-17-23(19-24)20-11-4-1-5-12-20/h1-19,25-28H,(H,31,32)/t25-,26?,27?,28?/m0/s1. The zero-order valence-electron chi connectivity index (χ0n) is 18.5. The van der Waals surface area contributed by atoms with Crippen LogP contribution < -0.4 is 4.74 Å². The van der Waals surface area contributed by atoms with E-state index in [1.165, 1.54) is 0 Å². The van der Waals surface area contributed by atoms with E-state index >= 15 is 0 Å². The van der Waals surface area contributed by atoms with Crippen LogP contribution in [0.2, 0.25) is 0 Å². The summed E-state index contributed by atoms with van der Waals surface area (Å²) >= 11 is 0. The number of rotatable bonds is 6. The van der Waals surface area contributed by atoms with Gasteiger partial charge in [-0.25, -0.2) is 0 Å². The van der Waals surface area contributed by atoms with Crippen LogP contribution in [0.15, 0.2) is 115 Å². The van der Waals surface area contributed by atoms with Crippen molar-refractivity contribution in [3.8, 4) is 16.9 Å². The summed E-state index contributed by atoms with van der Waals surface area (Å²) in [6.07, 6.45) is 0. The molecule has 0 saturated heterocycles. The molecule has 1 fully saturated rings. The summed E-state index contributed by atoms with van der Waals surface area (Å²) in [6.45, 7) is 0. The quantitative estimate of drug-likeness (QED) is 0.284. The van der Waals surface area contributed by atoms with Gasteiger partial charge in [-0.15, -0.1) is 0 Å². The van der Waals surface area contributed by atoms with E-state index in [1.807, 2.05) is 109 Å². The molecular weight excluding hydrogens is 424 g/mol. The van der Waals surface area contributed by atoms with Crippen molar-refractivity contribution < 1.29 is 19.4 Å². The van der Waals surface area contributed by atoms with E-state index in [1.54, 1.807) is 6.07 Å². The first kappa shape index (κ1) is 21.7. The minimum atomic E-state index is -0.905. The highest BCUT2D eigenvalue weighted by atomic mass is 16.5. The van der Waals surface area contributed by atoms with Gasteiger partial charge in [0.1, 0.15) is 5.75 Å². The van der Waals surface area contributed by atoms with Gasteiger partial charge in [-0.2, -0.15) is 0 Å². The maximum absolute atomic E-state index is 13.6. The van der Waals surface area contributed by atoms with Crippen LogP contribution >= 0.6 is 0 Å². The second kappa shape index (κ2) is 9.36. The Morgan fingerprint density at radius 1 is 0.588 bits per heavy atom. The third-order valence-electron chi connectivity index (χ3n) is 6.63. The molecule has 0 amide bonds. The van der Waals surface area contributed by atoms with Gasteiger partial charge in [0.25, 0.3) is 0 Å². The molecule has 0 aliphatic heterocycles. The van der Waals surface area contributed by atoms with Crippen molar-refractivity contribution in [2.24, 2.45) is 11.8 Å². The monoisotopic (exact) mass is 448 g/mol. The molecule has 0 spiro atoms. The number of carboxylic acids is 1. The van der Waals surface area contributed by atoms with Crippen LogP contribution in [0.5, 0.6) is 5.75 Å². The Balaban J connectivity index is 1.49. The van der Waals surface area contributed by atoms with Gasteiger partial charge in [-0.05, 0) is 34.4 Å². The fourth-order valence-electron chi connectivity index (χ4n) is 5.08. The van der Waals surface area contributed by atoms with Crippen LogP contribution in [0.25, 0.3) is 11.1 Å². The van der Waals surface area contributed by atoms with Crippen LogP contribution in [0.1, 0.15) is 23.0 Å². The van der Waals surface area contributed by atoms with Crippen molar-refractivity contribution in [1.82, 2.24) is 0 Å². The normalized spacial score (nSPS) is 21.3. The molecule has 5 rings (SSSR count). The molecule has 1 aliphatic rings. The largest absolute Gasteiger partial charge is 0.481 e. The summed E-state index contributed by atoms with van der Waals surface area (Å²) in [5.74, 6) is -3.11. The number of ether oxygens (including phenoxy) is 1. The van der Waals surface area contributed by atoms with Gasteiger partial charge in [0.15, 0.2) is 0 Å². The van der Waals surface area contributed by atoms with Gasteiger partial charge in [0, 0.05) is 11.8 Å². The Kier molecular flexibility index (Phi) is 5.96. The van der Waals surface area contributed by atoms with Crippen molar-refractivity contribution in [2.45, 2.75) is 11.8 Å². The number of carbonyl (C=O) groups is 2. The van der Waals surface area contributed by atoms with E-state index < -0.39 is 35.6 Å². The first-order valence-electron chi connectivity index (χ1n) is 11.3. The number of carboxylic acid groups (broad SMARTS) is 1. The Morgan fingerprint density at radius 3 is 1.62 bits per heavy atom. The van der Waals surface area contributed by atoms with Crippen LogP contribution in [0.3, 0.4) is 0 Å². The molecular formula is C30H24O4. The first-order valence-corrected chi connectivity index (χ1v) is 11.3. The van der Waals surface area contributed by atoms with Gasteiger partial charge in [0.05, 0.1) is 11.8 Å². The molecule has 4 atom stereocenters. The summed E-state index contributed by atoms with van der Waals surface area (Å²) in [5, 5.41) is 10.1. The number of esters is 1. The molecule has 1 N–H and O–H groups in total. The average molecular weight is 449 g/mol. The number of hydrogen-bond acceptors (Lipinski definition) is 3. The van der Waals surface area contributed by atoms with Crippen LogP contribution in [-0.4, -0.2) is 17.0 Å². The van der Waals surface area contributed by atoms with E-state index in [4.69, 9.17) is 4.74 Å². The predicted octanol–water partition coefficient (Wildman–Crippen LogP) is 6.16. The molecule has 1 aliphatic carbocycles. The third-order valence-corrected chi connectivity index (χ3v) is 6.63. The lowest BCUT2D eigenvalue weighted by molar-refractivity contribution is -0.158. The van der Waals surface area contributed by atoms with Crippen molar-refractivity contribution in [3.05, 3.63) is 126 Å². The molecule has 0 radical (unpaired) electrons. The fraction of sp³-hybridized carbons (Fsp3) is 0.133. The van der Waals surface area contributed by atoms with Gasteiger partial charge >= 0.3 is 11.9 Å². The zero-order chi connectivity index (χ0) is 23.5. The summed E-state index contributed by atoms with van der Waals surface area (Å²) < 4.78 is 5.88. The predicted molar refractivity (Wildman–Crippen MR) is 130 cm³/mol. The molecule has 4 aromatic carbocycles. The molecule has 0 aromatic heterocycles. The Labute approximate surface area is 198 Å². The number of hydrogen-bond donors (Lipinski definition) is 1. The highest BCUT2D eigenvalue weighted by Crippen LogP contribution is 2.58. The second-order valence-electron chi connectivity index (χ2n) is 8.58. The molecule has 1 saturated carbocycles. The van der Waals surface area contributed by atoms with E-state index in [0.29, 0.717) is 5.75 Å². The Morgan fingerprint density at radius 2 is 1.09 bits per heavy atom. The highest BCUT2D eigenvalue weighted by molar-refractivity contribution is 5.86. The lowest BCUT2D eigenvalue weighted by atomic mass is 9.52. The summed E-state index contributed by atoms with van der Waals surface area (Å²) in [7, 11) is 0. The lowest BCUT2D eigenvalue weighted by Crippen LogP contribution is -2.52. The minimum absolute atomic E-state index is 0.412. The molecule has 0 bridgehead atoms. The minimum Gasteiger partial charge on any atom is -0.481 e. The van der Waals surface area contributed by atoms with Gasteiger partial charge in [0.2, 0.25) is 0 Å². The van der Waals surface area contributed by atoms with E-state index in [9.17, 15) is 14.7 Å². The molecule has 4 aromatic rings. The molecule has 0 heterocycles. The number of aliphatic carboxylic acids is 1. The average Bonchev–Trinajstić information content (AvgIpc) is 2.85.